The van der Waals surface area contributed by atoms with Crippen molar-refractivity contribution in [3.8, 4) is 5.75 Å². The van der Waals surface area contributed by atoms with Crippen LogP contribution in [0.5, 0.6) is 5.75 Å². The average Bonchev–Trinajstić information content (AvgIpc) is 2.87. The highest BCUT2D eigenvalue weighted by molar-refractivity contribution is 6.31. The van der Waals surface area contributed by atoms with Crippen LogP contribution in [-0.4, -0.2) is 18.7 Å². The van der Waals surface area contributed by atoms with Crippen molar-refractivity contribution < 1.29 is 4.74 Å². The predicted molar refractivity (Wildman–Crippen MR) is 106 cm³/mol. The van der Waals surface area contributed by atoms with Crippen LogP contribution in [0.25, 0.3) is 0 Å². The van der Waals surface area contributed by atoms with Gasteiger partial charge in [-0.15, -0.1) is 0 Å². The molecule has 1 N–H and O–H groups in total. The average molecular weight is 362 g/mol. The number of ether oxygens (including phenoxy) is 1. The molecule has 128 valence electrons. The molecule has 0 unspecified atom stereocenters. The van der Waals surface area contributed by atoms with E-state index in [0.29, 0.717) is 10.9 Å². The second-order valence-corrected chi connectivity index (χ2v) is 6.23. The van der Waals surface area contributed by atoms with Crippen molar-refractivity contribution in [2.75, 3.05) is 7.11 Å². The molecule has 1 heterocycles. The van der Waals surface area contributed by atoms with Crippen LogP contribution in [0.15, 0.2) is 82.9 Å². The molecule has 4 nitrogen and oxygen atoms in total. The number of nitrogens with one attached hydrogen (secondary N) is 1. The zero-order chi connectivity index (χ0) is 17.9. The molecule has 0 aromatic heterocycles. The van der Waals surface area contributed by atoms with E-state index in [4.69, 9.17) is 21.3 Å². The maximum absolute atomic E-state index is 6.19. The first kappa shape index (κ1) is 16.4. The maximum atomic E-state index is 6.19. The Morgan fingerprint density at radius 3 is 2.46 bits per heavy atom. The van der Waals surface area contributed by atoms with Gasteiger partial charge in [0, 0.05) is 21.7 Å². The summed E-state index contributed by atoms with van der Waals surface area (Å²) in [5.41, 5.74) is 7.43. The lowest BCUT2D eigenvalue weighted by Gasteiger charge is -2.10. The molecule has 0 saturated heterocycles. The molecule has 0 fully saturated rings. The van der Waals surface area contributed by atoms with Crippen LogP contribution in [0.3, 0.4) is 0 Å². The Bertz CT molecular complexity index is 1010. The summed E-state index contributed by atoms with van der Waals surface area (Å²) >= 11 is 6.19. The van der Waals surface area contributed by atoms with Gasteiger partial charge in [0.25, 0.3) is 0 Å². The molecule has 0 amide bonds. The lowest BCUT2D eigenvalue weighted by molar-refractivity contribution is 0.415. The van der Waals surface area contributed by atoms with Crippen LogP contribution in [0.1, 0.15) is 16.7 Å². The van der Waals surface area contributed by atoms with Crippen molar-refractivity contribution in [1.82, 2.24) is 5.43 Å². The molecule has 3 aromatic rings. The SMILES string of the molecule is COc1ccc2c(c1)C(c1cccc(Cl)c1)=NNC(c1ccccc1)=N2. The monoisotopic (exact) mass is 361 g/mol. The zero-order valence-electron chi connectivity index (χ0n) is 14.1. The van der Waals surface area contributed by atoms with E-state index >= 15 is 0 Å². The van der Waals surface area contributed by atoms with E-state index in [0.717, 1.165) is 33.8 Å². The normalized spacial score (nSPS) is 13.0. The Labute approximate surface area is 156 Å². The van der Waals surface area contributed by atoms with Gasteiger partial charge in [-0.3, -0.25) is 5.43 Å². The third-order valence-corrected chi connectivity index (χ3v) is 4.35. The largest absolute Gasteiger partial charge is 0.497 e. The molecule has 5 heteroatoms. The standard InChI is InChI=1S/C21H16ClN3O/c1-26-17-10-11-19-18(13-17)20(15-8-5-9-16(22)12-15)24-25-21(23-19)14-6-3-2-4-7-14/h2-13H,1H3,(H,23,25). The minimum atomic E-state index is 0.656. The lowest BCUT2D eigenvalue weighted by atomic mass is 10.0. The van der Waals surface area contributed by atoms with Crippen LogP contribution in [0, 0.1) is 0 Å². The molecule has 4 rings (SSSR count). The fourth-order valence-electron chi connectivity index (χ4n) is 2.82. The second kappa shape index (κ2) is 7.02. The number of hydrogen-bond acceptors (Lipinski definition) is 4. The van der Waals surface area contributed by atoms with Gasteiger partial charge in [0.1, 0.15) is 11.5 Å². The van der Waals surface area contributed by atoms with Crippen LogP contribution < -0.4 is 10.2 Å². The van der Waals surface area contributed by atoms with Crippen LogP contribution in [0.4, 0.5) is 5.69 Å². The molecular formula is C21H16ClN3O. The van der Waals surface area contributed by atoms with Crippen molar-refractivity contribution in [1.29, 1.82) is 0 Å². The molecule has 0 spiro atoms. The first-order chi connectivity index (χ1) is 12.7. The molecule has 26 heavy (non-hydrogen) atoms. The summed E-state index contributed by atoms with van der Waals surface area (Å²) in [5.74, 6) is 1.44. The highest BCUT2D eigenvalue weighted by atomic mass is 35.5. The summed E-state index contributed by atoms with van der Waals surface area (Å²) in [5, 5.41) is 5.29. The summed E-state index contributed by atoms with van der Waals surface area (Å²) in [6.07, 6.45) is 0. The number of fused-ring (bicyclic) bond motifs is 1. The van der Waals surface area contributed by atoms with Crippen LogP contribution in [0.2, 0.25) is 5.02 Å². The van der Waals surface area contributed by atoms with Crippen LogP contribution >= 0.6 is 11.6 Å². The minimum absolute atomic E-state index is 0.656. The Balaban J connectivity index is 1.89. The van der Waals surface area contributed by atoms with Crippen LogP contribution in [-0.2, 0) is 0 Å². The number of hydrogen-bond donors (Lipinski definition) is 1. The highest BCUT2D eigenvalue weighted by Gasteiger charge is 2.18. The molecule has 0 atom stereocenters. The fourth-order valence-corrected chi connectivity index (χ4v) is 3.02. The highest BCUT2D eigenvalue weighted by Crippen LogP contribution is 2.30. The molecular weight excluding hydrogens is 346 g/mol. The lowest BCUT2D eigenvalue weighted by Crippen LogP contribution is -2.19. The van der Waals surface area contributed by atoms with Gasteiger partial charge in [-0.2, -0.15) is 5.10 Å². The third kappa shape index (κ3) is 3.19. The van der Waals surface area contributed by atoms with E-state index in [2.05, 4.69) is 10.5 Å². The number of nitrogens with zero attached hydrogens (tertiary/aromatic N) is 2. The minimum Gasteiger partial charge on any atom is -0.497 e. The third-order valence-electron chi connectivity index (χ3n) is 4.11. The van der Waals surface area contributed by atoms with Gasteiger partial charge in [-0.05, 0) is 30.3 Å². The zero-order valence-corrected chi connectivity index (χ0v) is 14.9. The number of aliphatic imine (C=N–C) groups is 1. The summed E-state index contributed by atoms with van der Waals surface area (Å²) in [6, 6.07) is 23.3. The molecule has 0 aliphatic carbocycles. The fraction of sp³-hybridized carbons (Fsp3) is 0.0476. The molecule has 1 aliphatic heterocycles. The van der Waals surface area contributed by atoms with Crippen molar-refractivity contribution in [2.24, 2.45) is 10.1 Å². The predicted octanol–water partition coefficient (Wildman–Crippen LogP) is 4.78. The Hall–Kier alpha value is -3.11. The summed E-state index contributed by atoms with van der Waals surface area (Å²) in [7, 11) is 1.64. The van der Waals surface area contributed by atoms with Gasteiger partial charge >= 0.3 is 0 Å². The van der Waals surface area contributed by atoms with E-state index in [1.165, 1.54) is 0 Å². The molecule has 0 bridgehead atoms. The smallest absolute Gasteiger partial charge is 0.154 e. The van der Waals surface area contributed by atoms with Gasteiger partial charge in [-0.25, -0.2) is 4.99 Å². The van der Waals surface area contributed by atoms with Crippen molar-refractivity contribution in [3.05, 3.63) is 94.5 Å². The number of rotatable bonds is 3. The van der Waals surface area contributed by atoms with Gasteiger partial charge in [-0.1, -0.05) is 54.1 Å². The summed E-state index contributed by atoms with van der Waals surface area (Å²) in [6.45, 7) is 0. The second-order valence-electron chi connectivity index (χ2n) is 5.79. The summed E-state index contributed by atoms with van der Waals surface area (Å²) < 4.78 is 5.39. The molecule has 3 aromatic carbocycles. The van der Waals surface area contributed by atoms with Gasteiger partial charge < -0.3 is 4.74 Å². The molecule has 1 aliphatic rings. The van der Waals surface area contributed by atoms with Crippen molar-refractivity contribution in [2.45, 2.75) is 0 Å². The van der Waals surface area contributed by atoms with E-state index in [1.807, 2.05) is 72.8 Å². The number of hydrazone groups is 1. The van der Waals surface area contributed by atoms with Gasteiger partial charge in [0.05, 0.1) is 12.8 Å². The first-order valence-electron chi connectivity index (χ1n) is 8.17. The number of methoxy groups -OCH3 is 1. The molecule has 0 radical (unpaired) electrons. The Morgan fingerprint density at radius 2 is 1.69 bits per heavy atom. The van der Waals surface area contributed by atoms with Crippen molar-refractivity contribution >= 4 is 28.8 Å². The van der Waals surface area contributed by atoms with E-state index in [1.54, 1.807) is 7.11 Å². The summed E-state index contributed by atoms with van der Waals surface area (Å²) in [4.78, 5) is 4.79. The van der Waals surface area contributed by atoms with E-state index in [9.17, 15) is 0 Å². The Kier molecular flexibility index (Phi) is 4.42. The maximum Gasteiger partial charge on any atom is 0.154 e. The van der Waals surface area contributed by atoms with Gasteiger partial charge in [0.15, 0.2) is 5.84 Å². The van der Waals surface area contributed by atoms with E-state index in [-0.39, 0.29) is 0 Å². The topological polar surface area (TPSA) is 46.0 Å². The quantitative estimate of drug-likeness (QED) is 0.729. The van der Waals surface area contributed by atoms with Gasteiger partial charge in [0.2, 0.25) is 0 Å². The first-order valence-corrected chi connectivity index (χ1v) is 8.54. The number of benzene rings is 3. The van der Waals surface area contributed by atoms with E-state index < -0.39 is 0 Å². The number of halogens is 1. The number of amidine groups is 1. The van der Waals surface area contributed by atoms with Crippen molar-refractivity contribution in [3.63, 3.8) is 0 Å². The Morgan fingerprint density at radius 1 is 0.885 bits per heavy atom. The molecule has 0 saturated carbocycles.